The molecule has 0 aliphatic rings. The molecule has 0 amide bonds. The van der Waals surface area contributed by atoms with E-state index in [1.165, 1.54) is 6.07 Å². The fourth-order valence-corrected chi connectivity index (χ4v) is 2.13. The molecule has 21 heavy (non-hydrogen) atoms. The third-order valence-electron chi connectivity index (χ3n) is 3.27. The molecule has 0 fully saturated rings. The number of nitro groups is 1. The average molecular weight is 286 g/mol. The molecule has 0 heterocycles. The molecule has 0 spiro atoms. The molecular formula is C16H18N2O3. The third kappa shape index (κ3) is 3.51. The summed E-state index contributed by atoms with van der Waals surface area (Å²) in [7, 11) is 1.67. The molecule has 2 aromatic carbocycles. The summed E-state index contributed by atoms with van der Waals surface area (Å²) < 4.78 is 5.82. The molecule has 5 nitrogen and oxygen atoms in total. The summed E-state index contributed by atoms with van der Waals surface area (Å²) in [5.74, 6) is 0.851. The van der Waals surface area contributed by atoms with Crippen LogP contribution in [-0.4, -0.2) is 12.0 Å². The van der Waals surface area contributed by atoms with Crippen LogP contribution < -0.4 is 10.1 Å². The van der Waals surface area contributed by atoms with E-state index in [9.17, 15) is 10.1 Å². The van der Waals surface area contributed by atoms with Crippen molar-refractivity contribution in [1.29, 1.82) is 0 Å². The van der Waals surface area contributed by atoms with Crippen LogP contribution in [0.1, 0.15) is 18.1 Å². The van der Waals surface area contributed by atoms with E-state index in [1.807, 2.05) is 24.3 Å². The zero-order valence-electron chi connectivity index (χ0n) is 12.1. The lowest BCUT2D eigenvalue weighted by atomic mass is 10.1. The fraction of sp³-hybridized carbons (Fsp3) is 0.250. The molecule has 0 bridgehead atoms. The SMILES string of the molecule is CCc1ccccc1OCc1ccc([N+](=O)[O-])c(NC)c1. The van der Waals surface area contributed by atoms with Gasteiger partial charge < -0.3 is 10.1 Å². The predicted molar refractivity (Wildman–Crippen MR) is 82.8 cm³/mol. The van der Waals surface area contributed by atoms with Gasteiger partial charge in [0.2, 0.25) is 0 Å². The van der Waals surface area contributed by atoms with Crippen molar-refractivity contribution in [3.8, 4) is 5.75 Å². The minimum absolute atomic E-state index is 0.0650. The summed E-state index contributed by atoms with van der Waals surface area (Å²) in [6.07, 6.45) is 0.901. The minimum atomic E-state index is -0.400. The van der Waals surface area contributed by atoms with Gasteiger partial charge in [-0.2, -0.15) is 0 Å². The van der Waals surface area contributed by atoms with E-state index in [0.29, 0.717) is 12.3 Å². The Morgan fingerprint density at radius 2 is 2.00 bits per heavy atom. The highest BCUT2D eigenvalue weighted by atomic mass is 16.6. The topological polar surface area (TPSA) is 64.4 Å². The monoisotopic (exact) mass is 286 g/mol. The second kappa shape index (κ2) is 6.74. The third-order valence-corrected chi connectivity index (χ3v) is 3.27. The van der Waals surface area contributed by atoms with E-state index < -0.39 is 4.92 Å². The quantitative estimate of drug-likeness (QED) is 0.648. The molecule has 0 aliphatic carbocycles. The van der Waals surface area contributed by atoms with Gasteiger partial charge in [-0.05, 0) is 35.7 Å². The number of para-hydroxylation sites is 1. The van der Waals surface area contributed by atoms with E-state index >= 15 is 0 Å². The number of anilines is 1. The Bertz CT molecular complexity index is 641. The first-order chi connectivity index (χ1) is 10.2. The van der Waals surface area contributed by atoms with Gasteiger partial charge in [0.1, 0.15) is 18.0 Å². The Labute approximate surface area is 123 Å². The van der Waals surface area contributed by atoms with Crippen LogP contribution in [0, 0.1) is 10.1 Å². The van der Waals surface area contributed by atoms with Gasteiger partial charge in [0.05, 0.1) is 4.92 Å². The smallest absolute Gasteiger partial charge is 0.292 e. The molecule has 0 radical (unpaired) electrons. The first kappa shape index (κ1) is 14.8. The maximum Gasteiger partial charge on any atom is 0.292 e. The van der Waals surface area contributed by atoms with Crippen molar-refractivity contribution in [1.82, 2.24) is 0 Å². The van der Waals surface area contributed by atoms with Crippen LogP contribution in [0.5, 0.6) is 5.75 Å². The molecule has 0 atom stereocenters. The molecule has 1 N–H and O–H groups in total. The second-order valence-corrected chi connectivity index (χ2v) is 4.61. The number of nitro benzene ring substituents is 1. The number of ether oxygens (including phenoxy) is 1. The molecule has 2 aromatic rings. The normalized spacial score (nSPS) is 10.2. The van der Waals surface area contributed by atoms with Gasteiger partial charge in [0.25, 0.3) is 5.69 Å². The lowest BCUT2D eigenvalue weighted by Gasteiger charge is -2.11. The Hall–Kier alpha value is -2.56. The molecule has 0 aromatic heterocycles. The maximum atomic E-state index is 10.9. The summed E-state index contributed by atoms with van der Waals surface area (Å²) in [5.41, 5.74) is 2.59. The number of nitrogens with zero attached hydrogens (tertiary/aromatic N) is 1. The van der Waals surface area contributed by atoms with Crippen molar-refractivity contribution in [2.45, 2.75) is 20.0 Å². The van der Waals surface area contributed by atoms with Crippen molar-refractivity contribution in [3.63, 3.8) is 0 Å². The van der Waals surface area contributed by atoms with Crippen LogP contribution in [-0.2, 0) is 13.0 Å². The van der Waals surface area contributed by atoms with Crippen molar-refractivity contribution in [3.05, 3.63) is 63.7 Å². The van der Waals surface area contributed by atoms with Crippen LogP contribution in [0.2, 0.25) is 0 Å². The minimum Gasteiger partial charge on any atom is -0.489 e. The zero-order valence-corrected chi connectivity index (χ0v) is 12.1. The van der Waals surface area contributed by atoms with Crippen molar-refractivity contribution in [2.75, 3.05) is 12.4 Å². The Morgan fingerprint density at radius 1 is 1.24 bits per heavy atom. The number of hydrogen-bond donors (Lipinski definition) is 1. The second-order valence-electron chi connectivity index (χ2n) is 4.61. The average Bonchev–Trinajstić information content (AvgIpc) is 2.52. The van der Waals surface area contributed by atoms with Gasteiger partial charge >= 0.3 is 0 Å². The number of rotatable bonds is 6. The number of hydrogen-bond acceptors (Lipinski definition) is 4. The van der Waals surface area contributed by atoms with Crippen LogP contribution in [0.3, 0.4) is 0 Å². The molecule has 2 rings (SSSR count). The van der Waals surface area contributed by atoms with Gasteiger partial charge in [-0.25, -0.2) is 0 Å². The predicted octanol–water partition coefficient (Wildman–Crippen LogP) is 3.78. The first-order valence-electron chi connectivity index (χ1n) is 6.81. The van der Waals surface area contributed by atoms with E-state index in [4.69, 9.17) is 4.74 Å². The molecule has 0 saturated heterocycles. The summed E-state index contributed by atoms with van der Waals surface area (Å²) in [6, 6.07) is 12.8. The maximum absolute atomic E-state index is 10.9. The van der Waals surface area contributed by atoms with Crippen LogP contribution in [0.4, 0.5) is 11.4 Å². The summed E-state index contributed by atoms with van der Waals surface area (Å²) in [5, 5.41) is 13.7. The van der Waals surface area contributed by atoms with Gasteiger partial charge in [-0.1, -0.05) is 25.1 Å². The molecule has 0 unspecified atom stereocenters. The number of benzene rings is 2. The molecular weight excluding hydrogens is 268 g/mol. The van der Waals surface area contributed by atoms with Gasteiger partial charge in [0.15, 0.2) is 0 Å². The van der Waals surface area contributed by atoms with Crippen LogP contribution in [0.15, 0.2) is 42.5 Å². The van der Waals surface area contributed by atoms with Crippen LogP contribution in [0.25, 0.3) is 0 Å². The van der Waals surface area contributed by atoms with E-state index in [0.717, 1.165) is 23.3 Å². The molecule has 110 valence electrons. The Balaban J connectivity index is 2.15. The van der Waals surface area contributed by atoms with Crippen molar-refractivity contribution >= 4 is 11.4 Å². The first-order valence-corrected chi connectivity index (χ1v) is 6.81. The van der Waals surface area contributed by atoms with Crippen LogP contribution >= 0.6 is 0 Å². The lowest BCUT2D eigenvalue weighted by molar-refractivity contribution is -0.384. The van der Waals surface area contributed by atoms with Gasteiger partial charge in [-0.3, -0.25) is 10.1 Å². The van der Waals surface area contributed by atoms with Crippen molar-refractivity contribution in [2.24, 2.45) is 0 Å². The fourth-order valence-electron chi connectivity index (χ4n) is 2.13. The molecule has 0 aliphatic heterocycles. The lowest BCUT2D eigenvalue weighted by Crippen LogP contribution is -2.01. The van der Waals surface area contributed by atoms with Gasteiger partial charge in [-0.15, -0.1) is 0 Å². The van der Waals surface area contributed by atoms with E-state index in [1.54, 1.807) is 19.2 Å². The Morgan fingerprint density at radius 3 is 2.67 bits per heavy atom. The summed E-state index contributed by atoms with van der Waals surface area (Å²) >= 11 is 0. The van der Waals surface area contributed by atoms with Crippen molar-refractivity contribution < 1.29 is 9.66 Å². The number of nitrogens with one attached hydrogen (secondary N) is 1. The number of aryl methyl sites for hydroxylation is 1. The highest BCUT2D eigenvalue weighted by Gasteiger charge is 2.13. The summed E-state index contributed by atoms with van der Waals surface area (Å²) in [6.45, 7) is 2.46. The highest BCUT2D eigenvalue weighted by molar-refractivity contribution is 5.62. The van der Waals surface area contributed by atoms with E-state index in [2.05, 4.69) is 12.2 Å². The zero-order chi connectivity index (χ0) is 15.2. The van der Waals surface area contributed by atoms with Gasteiger partial charge in [0, 0.05) is 13.1 Å². The summed E-state index contributed by atoms with van der Waals surface area (Å²) in [4.78, 5) is 10.5. The molecule has 0 saturated carbocycles. The standard InChI is InChI=1S/C16H18N2O3/c1-3-13-6-4-5-7-16(13)21-11-12-8-9-15(18(19)20)14(10-12)17-2/h4-10,17H,3,11H2,1-2H3. The largest absolute Gasteiger partial charge is 0.489 e. The Kier molecular flexibility index (Phi) is 4.77. The molecule has 5 heteroatoms. The van der Waals surface area contributed by atoms with E-state index in [-0.39, 0.29) is 5.69 Å². The highest BCUT2D eigenvalue weighted by Crippen LogP contribution is 2.26.